The van der Waals surface area contributed by atoms with E-state index >= 15 is 0 Å². The summed E-state index contributed by atoms with van der Waals surface area (Å²) in [6.45, 7) is 3.19. The molecule has 1 aliphatic rings. The van der Waals surface area contributed by atoms with E-state index in [4.69, 9.17) is 4.74 Å². The van der Waals surface area contributed by atoms with Crippen LogP contribution in [0.3, 0.4) is 0 Å². The van der Waals surface area contributed by atoms with E-state index in [1.807, 2.05) is 18.9 Å². The average molecular weight is 272 g/mol. The maximum absolute atomic E-state index is 12.0. The van der Waals surface area contributed by atoms with Gasteiger partial charge >= 0.3 is 0 Å². The Labute approximate surface area is 116 Å². The first-order valence-corrected chi connectivity index (χ1v) is 7.24. The van der Waals surface area contributed by atoms with Gasteiger partial charge in [0.05, 0.1) is 12.1 Å². The molecule has 0 heterocycles. The fraction of sp³-hybridized carbons (Fsp3) is 0.929. The minimum atomic E-state index is -0.303. The number of nitrogens with zero attached hydrogens (tertiary/aromatic N) is 1. The number of aliphatic hydroxyl groups is 1. The fourth-order valence-corrected chi connectivity index (χ4v) is 2.61. The number of nitrogens with one attached hydrogen (secondary N) is 1. The van der Waals surface area contributed by atoms with Crippen molar-refractivity contribution in [1.82, 2.24) is 10.2 Å². The molecule has 0 saturated heterocycles. The maximum atomic E-state index is 12.0. The molecule has 19 heavy (non-hydrogen) atoms. The quantitative estimate of drug-likeness (QED) is 0.672. The van der Waals surface area contributed by atoms with Crippen molar-refractivity contribution in [3.8, 4) is 0 Å². The zero-order valence-electron chi connectivity index (χ0n) is 12.4. The Morgan fingerprint density at radius 1 is 1.47 bits per heavy atom. The van der Waals surface area contributed by atoms with Crippen LogP contribution in [0, 0.1) is 0 Å². The molecule has 5 nitrogen and oxygen atoms in total. The van der Waals surface area contributed by atoms with Crippen molar-refractivity contribution in [3.63, 3.8) is 0 Å². The van der Waals surface area contributed by atoms with Crippen molar-refractivity contribution in [1.29, 1.82) is 0 Å². The Morgan fingerprint density at radius 3 is 2.79 bits per heavy atom. The van der Waals surface area contributed by atoms with Gasteiger partial charge in [0, 0.05) is 26.3 Å². The summed E-state index contributed by atoms with van der Waals surface area (Å²) in [6.07, 6.45) is 4.56. The molecule has 1 aliphatic carbocycles. The van der Waals surface area contributed by atoms with Crippen LogP contribution in [0.4, 0.5) is 0 Å². The predicted octanol–water partition coefficient (Wildman–Crippen LogP) is 0.763. The van der Waals surface area contributed by atoms with Gasteiger partial charge in [-0.15, -0.1) is 0 Å². The third-order valence-corrected chi connectivity index (χ3v) is 4.03. The molecule has 3 atom stereocenters. The average Bonchev–Trinajstić information content (AvgIpc) is 2.42. The van der Waals surface area contributed by atoms with Crippen LogP contribution in [-0.4, -0.2) is 61.4 Å². The highest BCUT2D eigenvalue weighted by Gasteiger charge is 2.31. The molecule has 112 valence electrons. The van der Waals surface area contributed by atoms with Gasteiger partial charge in [-0.25, -0.2) is 0 Å². The van der Waals surface area contributed by atoms with Gasteiger partial charge in [0.15, 0.2) is 0 Å². The molecular weight excluding hydrogens is 244 g/mol. The lowest BCUT2D eigenvalue weighted by molar-refractivity contribution is -0.127. The molecule has 1 amide bonds. The topological polar surface area (TPSA) is 61.8 Å². The van der Waals surface area contributed by atoms with Crippen LogP contribution in [0.1, 0.15) is 39.0 Å². The molecule has 1 rings (SSSR count). The molecule has 5 heteroatoms. The number of aliphatic hydroxyl groups excluding tert-OH is 1. The summed E-state index contributed by atoms with van der Waals surface area (Å²) in [5.41, 5.74) is 0. The highest BCUT2D eigenvalue weighted by molar-refractivity contribution is 5.81. The number of hydrogen-bond acceptors (Lipinski definition) is 4. The highest BCUT2D eigenvalue weighted by atomic mass is 16.5. The SMILES string of the molecule is COCCCNC(=O)C(C)N(C)C1CCCCC1O. The van der Waals surface area contributed by atoms with Gasteiger partial charge in [0.25, 0.3) is 0 Å². The van der Waals surface area contributed by atoms with Crippen molar-refractivity contribution in [2.45, 2.75) is 57.2 Å². The number of methoxy groups -OCH3 is 1. The number of ether oxygens (including phenoxy) is 1. The van der Waals surface area contributed by atoms with Gasteiger partial charge in [-0.2, -0.15) is 0 Å². The lowest BCUT2D eigenvalue weighted by Gasteiger charge is -2.38. The zero-order valence-corrected chi connectivity index (χ0v) is 12.4. The molecular formula is C14H28N2O3. The summed E-state index contributed by atoms with van der Waals surface area (Å²) in [5.74, 6) is 0.0244. The molecule has 3 unspecified atom stereocenters. The van der Waals surface area contributed by atoms with E-state index in [1.165, 1.54) is 0 Å². The molecule has 0 aromatic heterocycles. The first kappa shape index (κ1) is 16.4. The molecule has 0 bridgehead atoms. The minimum absolute atomic E-state index is 0.0244. The van der Waals surface area contributed by atoms with Crippen molar-refractivity contribution in [2.75, 3.05) is 27.3 Å². The Balaban J connectivity index is 2.37. The Kier molecular flexibility index (Phi) is 7.34. The summed E-state index contributed by atoms with van der Waals surface area (Å²) in [6, 6.07) is -0.103. The van der Waals surface area contributed by atoms with Crippen LogP contribution in [0.25, 0.3) is 0 Å². The first-order valence-electron chi connectivity index (χ1n) is 7.24. The van der Waals surface area contributed by atoms with Crippen molar-refractivity contribution < 1.29 is 14.6 Å². The number of carbonyl (C=O) groups excluding carboxylic acids is 1. The Hall–Kier alpha value is -0.650. The van der Waals surface area contributed by atoms with Crippen LogP contribution < -0.4 is 5.32 Å². The molecule has 0 radical (unpaired) electrons. The number of rotatable bonds is 7. The summed E-state index contributed by atoms with van der Waals surface area (Å²) in [7, 11) is 3.58. The Morgan fingerprint density at radius 2 is 2.16 bits per heavy atom. The van der Waals surface area contributed by atoms with Gasteiger partial charge in [-0.3, -0.25) is 9.69 Å². The highest BCUT2D eigenvalue weighted by Crippen LogP contribution is 2.23. The van der Waals surface area contributed by atoms with Crippen LogP contribution in [-0.2, 0) is 9.53 Å². The van der Waals surface area contributed by atoms with Gasteiger partial charge in [0.2, 0.25) is 5.91 Å². The van der Waals surface area contributed by atoms with Gasteiger partial charge < -0.3 is 15.2 Å². The molecule has 1 saturated carbocycles. The number of carbonyl (C=O) groups is 1. The van der Waals surface area contributed by atoms with E-state index in [1.54, 1.807) is 7.11 Å². The Bertz CT molecular complexity index is 273. The monoisotopic (exact) mass is 272 g/mol. The van der Waals surface area contributed by atoms with Gasteiger partial charge in [-0.1, -0.05) is 12.8 Å². The largest absolute Gasteiger partial charge is 0.391 e. The number of hydrogen-bond donors (Lipinski definition) is 2. The second-order valence-corrected chi connectivity index (χ2v) is 5.40. The molecule has 0 aromatic rings. The second-order valence-electron chi connectivity index (χ2n) is 5.40. The lowest BCUT2D eigenvalue weighted by atomic mass is 9.91. The summed E-state index contributed by atoms with van der Waals surface area (Å²) < 4.78 is 4.95. The summed E-state index contributed by atoms with van der Waals surface area (Å²) in [5, 5.41) is 12.9. The van der Waals surface area contributed by atoms with E-state index in [-0.39, 0.29) is 24.1 Å². The third kappa shape index (κ3) is 5.09. The van der Waals surface area contributed by atoms with Gasteiger partial charge in [0.1, 0.15) is 0 Å². The smallest absolute Gasteiger partial charge is 0.237 e. The molecule has 0 aliphatic heterocycles. The van der Waals surface area contributed by atoms with E-state index in [9.17, 15) is 9.90 Å². The standard InChI is InChI=1S/C14H28N2O3/c1-11(14(18)15-9-6-10-19-3)16(2)12-7-4-5-8-13(12)17/h11-13,17H,4-10H2,1-3H3,(H,15,18). The first-order chi connectivity index (χ1) is 9.07. The van der Waals surface area contributed by atoms with Crippen LogP contribution in [0.15, 0.2) is 0 Å². The van der Waals surface area contributed by atoms with Crippen LogP contribution in [0.5, 0.6) is 0 Å². The normalized spacial score (nSPS) is 25.3. The molecule has 0 spiro atoms. The molecule has 0 aromatic carbocycles. The summed E-state index contributed by atoms with van der Waals surface area (Å²) >= 11 is 0. The van der Waals surface area contributed by atoms with Crippen LogP contribution >= 0.6 is 0 Å². The third-order valence-electron chi connectivity index (χ3n) is 4.03. The van der Waals surface area contributed by atoms with Crippen LogP contribution in [0.2, 0.25) is 0 Å². The zero-order chi connectivity index (χ0) is 14.3. The number of likely N-dealkylation sites (N-methyl/N-ethyl adjacent to an activating group) is 1. The van der Waals surface area contributed by atoms with Gasteiger partial charge in [-0.05, 0) is 33.2 Å². The number of amides is 1. The molecule has 1 fully saturated rings. The second kappa shape index (κ2) is 8.51. The van der Waals surface area contributed by atoms with Crippen molar-refractivity contribution in [2.24, 2.45) is 0 Å². The van der Waals surface area contributed by atoms with Crippen molar-refractivity contribution in [3.05, 3.63) is 0 Å². The van der Waals surface area contributed by atoms with E-state index < -0.39 is 0 Å². The lowest BCUT2D eigenvalue weighted by Crippen LogP contribution is -2.52. The van der Waals surface area contributed by atoms with E-state index in [0.29, 0.717) is 13.2 Å². The van der Waals surface area contributed by atoms with Crippen molar-refractivity contribution >= 4 is 5.91 Å². The van der Waals surface area contributed by atoms with E-state index in [0.717, 1.165) is 32.1 Å². The van der Waals surface area contributed by atoms with E-state index in [2.05, 4.69) is 5.32 Å². The molecule has 2 N–H and O–H groups in total. The fourth-order valence-electron chi connectivity index (χ4n) is 2.61. The predicted molar refractivity (Wildman–Crippen MR) is 75.0 cm³/mol. The maximum Gasteiger partial charge on any atom is 0.237 e. The summed E-state index contributed by atoms with van der Waals surface area (Å²) in [4.78, 5) is 14.0. The minimum Gasteiger partial charge on any atom is -0.391 e.